The number of thiophene rings is 1. The van der Waals surface area contributed by atoms with Gasteiger partial charge in [0, 0.05) is 31.2 Å². The maximum Gasteiger partial charge on any atom is 0.129 e. The van der Waals surface area contributed by atoms with Crippen molar-refractivity contribution in [2.75, 3.05) is 0 Å². The predicted octanol–water partition coefficient (Wildman–Crippen LogP) is 11.4. The molecule has 0 aliphatic heterocycles. The number of benzene rings is 6. The molecule has 0 saturated heterocycles. The minimum atomic E-state index is -0.427. The van der Waals surface area contributed by atoms with E-state index in [1.54, 1.807) is 0 Å². The Balaban J connectivity index is 1.09. The van der Waals surface area contributed by atoms with Crippen LogP contribution in [-0.2, 0) is 12.0 Å². The van der Waals surface area contributed by atoms with Crippen LogP contribution >= 0.6 is 11.3 Å². The van der Waals surface area contributed by atoms with Gasteiger partial charge in [-0.2, -0.15) is 0 Å². The Labute approximate surface area is 298 Å². The molecular formula is C46H39N3S. The van der Waals surface area contributed by atoms with Crippen LogP contribution in [0.4, 0.5) is 0 Å². The Morgan fingerprint density at radius 1 is 0.720 bits per heavy atom. The lowest BCUT2D eigenvalue weighted by Crippen LogP contribution is -2.36. The normalized spacial score (nSPS) is 16.8. The van der Waals surface area contributed by atoms with Gasteiger partial charge in [-0.15, -0.1) is 11.3 Å². The summed E-state index contributed by atoms with van der Waals surface area (Å²) in [6.07, 6.45) is 7.34. The first-order valence-corrected chi connectivity index (χ1v) is 18.0. The second-order valence-corrected chi connectivity index (χ2v) is 14.3. The topological polar surface area (TPSA) is 50.4 Å². The minimum Gasteiger partial charge on any atom is -0.351 e. The van der Waals surface area contributed by atoms with Gasteiger partial charge in [-0.1, -0.05) is 159 Å². The van der Waals surface area contributed by atoms with Gasteiger partial charge in [-0.3, -0.25) is 4.99 Å². The molecule has 0 fully saturated rings. The number of nitrogens with one attached hydrogen (secondary N) is 1. The fraction of sp³-hybridized carbons (Fsp3) is 0.109. The molecular weight excluding hydrogens is 627 g/mol. The maximum absolute atomic E-state index is 6.87. The molecule has 4 heteroatoms. The first-order valence-electron chi connectivity index (χ1n) is 17.2. The zero-order valence-electron chi connectivity index (χ0n) is 28.1. The van der Waals surface area contributed by atoms with Gasteiger partial charge in [0.15, 0.2) is 0 Å². The third kappa shape index (κ3) is 6.44. The van der Waals surface area contributed by atoms with Crippen molar-refractivity contribution in [2.24, 2.45) is 10.7 Å². The van der Waals surface area contributed by atoms with Crippen LogP contribution in [0.2, 0.25) is 0 Å². The maximum atomic E-state index is 6.87. The van der Waals surface area contributed by atoms with E-state index in [1.165, 1.54) is 42.4 Å². The van der Waals surface area contributed by atoms with Crippen LogP contribution < -0.4 is 11.1 Å². The molecule has 3 nitrogen and oxygen atoms in total. The lowest BCUT2D eigenvalue weighted by atomic mass is 9.75. The van der Waals surface area contributed by atoms with Crippen molar-refractivity contribution in [1.29, 1.82) is 0 Å². The zero-order chi connectivity index (χ0) is 33.9. The van der Waals surface area contributed by atoms with Crippen molar-refractivity contribution in [1.82, 2.24) is 5.32 Å². The number of nitrogens with zero attached hydrogens (tertiary/aromatic N) is 1. The number of hydrogen-bond donors (Lipinski definition) is 2. The van der Waals surface area contributed by atoms with Crippen molar-refractivity contribution in [3.63, 3.8) is 0 Å². The van der Waals surface area contributed by atoms with Crippen molar-refractivity contribution < 1.29 is 0 Å². The Morgan fingerprint density at radius 2 is 1.38 bits per heavy atom. The van der Waals surface area contributed by atoms with Gasteiger partial charge >= 0.3 is 0 Å². The van der Waals surface area contributed by atoms with Crippen LogP contribution in [0.5, 0.6) is 0 Å². The SMILES string of the molecule is CC1(c2cccc3c2sc2ccc(-c4ccccc4)cc23)C=CC(/C(=N/Cc2ccccc2)NC(N)c2cccc(-c3ccccc3)c2)=CC1. The van der Waals surface area contributed by atoms with E-state index >= 15 is 0 Å². The Hall–Kier alpha value is -5.55. The highest BCUT2D eigenvalue weighted by Gasteiger charge is 2.29. The van der Waals surface area contributed by atoms with Crippen LogP contribution in [0.15, 0.2) is 180 Å². The largest absolute Gasteiger partial charge is 0.351 e. The monoisotopic (exact) mass is 665 g/mol. The number of allylic oxidation sites excluding steroid dienone is 2. The van der Waals surface area contributed by atoms with Crippen LogP contribution in [-0.4, -0.2) is 5.84 Å². The number of fused-ring (bicyclic) bond motifs is 3. The number of hydrogen-bond acceptors (Lipinski definition) is 3. The van der Waals surface area contributed by atoms with E-state index in [0.29, 0.717) is 6.54 Å². The van der Waals surface area contributed by atoms with E-state index in [2.05, 4.69) is 170 Å². The molecule has 0 saturated carbocycles. The van der Waals surface area contributed by atoms with Crippen LogP contribution in [0, 0.1) is 0 Å². The predicted molar refractivity (Wildman–Crippen MR) is 213 cm³/mol. The number of rotatable bonds is 8. The average Bonchev–Trinajstić information content (AvgIpc) is 3.56. The van der Waals surface area contributed by atoms with Gasteiger partial charge in [0.05, 0.1) is 6.54 Å². The van der Waals surface area contributed by atoms with E-state index in [9.17, 15) is 0 Å². The molecule has 0 amide bonds. The second-order valence-electron chi connectivity index (χ2n) is 13.2. The van der Waals surface area contributed by atoms with Crippen molar-refractivity contribution in [3.8, 4) is 22.3 Å². The molecule has 1 aliphatic rings. The van der Waals surface area contributed by atoms with E-state index < -0.39 is 6.17 Å². The molecule has 1 aliphatic carbocycles. The van der Waals surface area contributed by atoms with Gasteiger partial charge < -0.3 is 11.1 Å². The molecule has 244 valence electrons. The molecule has 50 heavy (non-hydrogen) atoms. The summed E-state index contributed by atoms with van der Waals surface area (Å²) >= 11 is 1.90. The van der Waals surface area contributed by atoms with Crippen molar-refractivity contribution >= 4 is 37.3 Å². The summed E-state index contributed by atoms with van der Waals surface area (Å²) in [5.41, 5.74) is 16.1. The third-order valence-electron chi connectivity index (χ3n) is 9.78. The van der Waals surface area contributed by atoms with Crippen molar-refractivity contribution in [3.05, 3.63) is 192 Å². The first kappa shape index (κ1) is 31.7. The highest BCUT2D eigenvalue weighted by molar-refractivity contribution is 7.26. The first-order chi connectivity index (χ1) is 24.5. The van der Waals surface area contributed by atoms with E-state index in [0.717, 1.165) is 34.5 Å². The molecule has 8 rings (SSSR count). The summed E-state index contributed by atoms with van der Waals surface area (Å²) in [6.45, 7) is 2.91. The Kier molecular flexibility index (Phi) is 8.72. The quantitative estimate of drug-likeness (QED) is 0.0964. The smallest absolute Gasteiger partial charge is 0.129 e. The summed E-state index contributed by atoms with van der Waals surface area (Å²) in [4.78, 5) is 5.10. The van der Waals surface area contributed by atoms with Crippen LogP contribution in [0.3, 0.4) is 0 Å². The fourth-order valence-electron chi connectivity index (χ4n) is 6.91. The van der Waals surface area contributed by atoms with Crippen LogP contribution in [0.25, 0.3) is 42.4 Å². The fourth-order valence-corrected chi connectivity index (χ4v) is 8.25. The zero-order valence-corrected chi connectivity index (χ0v) is 28.9. The van der Waals surface area contributed by atoms with E-state index in [4.69, 9.17) is 10.7 Å². The molecule has 3 N–H and O–H groups in total. The highest BCUT2D eigenvalue weighted by atomic mass is 32.1. The van der Waals surface area contributed by atoms with Crippen LogP contribution in [0.1, 0.15) is 36.2 Å². The molecule has 7 aromatic rings. The molecule has 2 unspecified atom stereocenters. The molecule has 1 aromatic heterocycles. The molecule has 1 heterocycles. The lowest BCUT2D eigenvalue weighted by molar-refractivity contribution is 0.603. The molecule has 6 aromatic carbocycles. The van der Waals surface area contributed by atoms with Gasteiger partial charge in [0.1, 0.15) is 12.0 Å². The number of aliphatic imine (C=N–C) groups is 1. The van der Waals surface area contributed by atoms with E-state index in [-0.39, 0.29) is 5.41 Å². The summed E-state index contributed by atoms with van der Waals surface area (Å²) in [6, 6.07) is 53.5. The van der Waals surface area contributed by atoms with Gasteiger partial charge in [-0.25, -0.2) is 0 Å². The summed E-state index contributed by atoms with van der Waals surface area (Å²) in [5, 5.41) is 6.23. The highest BCUT2D eigenvalue weighted by Crippen LogP contribution is 2.44. The molecule has 0 radical (unpaired) electrons. The summed E-state index contributed by atoms with van der Waals surface area (Å²) in [5.74, 6) is 0.804. The number of nitrogens with two attached hydrogens (primary N) is 1. The van der Waals surface area contributed by atoms with Gasteiger partial charge in [0.2, 0.25) is 0 Å². The van der Waals surface area contributed by atoms with Gasteiger partial charge in [0.25, 0.3) is 0 Å². The summed E-state index contributed by atoms with van der Waals surface area (Å²) < 4.78 is 2.67. The minimum absolute atomic E-state index is 0.164. The van der Waals surface area contributed by atoms with E-state index in [1.807, 2.05) is 23.5 Å². The third-order valence-corrected chi connectivity index (χ3v) is 11.0. The van der Waals surface area contributed by atoms with Gasteiger partial charge in [-0.05, 0) is 63.6 Å². The summed E-state index contributed by atoms with van der Waals surface area (Å²) in [7, 11) is 0. The lowest BCUT2D eigenvalue weighted by Gasteiger charge is -2.30. The standard InChI is InChI=1S/C46H39N3S/c1-46(41-22-12-21-39-40-30-37(34-17-9-4-10-18-34)23-24-42(40)50-43(39)41)27-25-35(26-28-46)45(48-31-32-13-5-2-6-14-32)49-44(47)38-20-11-19-36(29-38)33-15-7-3-8-16-33/h2-27,29-30,44H,28,31,47H2,1H3,(H,48,49). The molecule has 0 spiro atoms. The molecule has 0 bridgehead atoms. The second kappa shape index (κ2) is 13.8. The van der Waals surface area contributed by atoms with Crippen molar-refractivity contribution in [2.45, 2.75) is 31.5 Å². The Morgan fingerprint density at radius 3 is 2.08 bits per heavy atom. The number of amidine groups is 1. The average molecular weight is 666 g/mol. The Bertz CT molecular complexity index is 2370. The molecule has 2 atom stereocenters.